The smallest absolute Gasteiger partial charge is 0.333 e. The second-order valence-corrected chi connectivity index (χ2v) is 6.93. The minimum atomic E-state index is -1.51. The van der Waals surface area contributed by atoms with Crippen LogP contribution in [0.1, 0.15) is 11.8 Å². The highest BCUT2D eigenvalue weighted by Gasteiger charge is 2.45. The van der Waals surface area contributed by atoms with E-state index in [-0.39, 0.29) is 23.7 Å². The predicted octanol–water partition coefficient (Wildman–Crippen LogP) is -1.21. The van der Waals surface area contributed by atoms with Gasteiger partial charge in [-0.15, -0.1) is 0 Å². The Morgan fingerprint density at radius 2 is 1.93 bits per heavy atom. The number of hydrogen-bond acceptors (Lipinski definition) is 8. The summed E-state index contributed by atoms with van der Waals surface area (Å²) < 4.78 is 7.61. The van der Waals surface area contributed by atoms with Gasteiger partial charge in [-0.3, -0.25) is 14.3 Å². The van der Waals surface area contributed by atoms with Crippen LogP contribution in [-0.2, 0) is 11.3 Å². The van der Waals surface area contributed by atoms with E-state index >= 15 is 0 Å². The Labute approximate surface area is 169 Å². The van der Waals surface area contributed by atoms with E-state index in [1.165, 1.54) is 4.57 Å². The molecule has 0 unspecified atom stereocenters. The van der Waals surface area contributed by atoms with Crippen LogP contribution in [0.4, 0.5) is 5.95 Å². The second-order valence-electron chi connectivity index (χ2n) is 6.93. The van der Waals surface area contributed by atoms with E-state index in [0.717, 1.165) is 10.1 Å². The number of H-pyrrole nitrogens is 1. The Hall–Kier alpha value is -3.25. The number of anilines is 1. The third kappa shape index (κ3) is 3.33. The summed E-state index contributed by atoms with van der Waals surface area (Å²) in [6, 6.07) is 9.40. The molecule has 6 N–H and O–H groups in total. The van der Waals surface area contributed by atoms with E-state index in [4.69, 9.17) is 10.5 Å². The van der Waals surface area contributed by atoms with Crippen molar-refractivity contribution < 1.29 is 20.1 Å². The van der Waals surface area contributed by atoms with E-state index in [1.54, 1.807) is 12.2 Å². The molecule has 1 aliphatic rings. The fraction of sp³-hybridized carbons (Fsp3) is 0.316. The monoisotopic (exact) mass is 415 g/mol. The summed E-state index contributed by atoms with van der Waals surface area (Å²) in [5.41, 5.74) is 5.10. The van der Waals surface area contributed by atoms with E-state index in [0.29, 0.717) is 0 Å². The van der Waals surface area contributed by atoms with Crippen LogP contribution in [-0.4, -0.2) is 59.3 Å². The SMILES string of the molecule is Nc1nc2c(c(=O)[nH]1)n(CC=Cc1ccccc1)c(=O)n2[C@@H]1O[C@H](CO)[C@@H](O)[C@H]1O. The van der Waals surface area contributed by atoms with Gasteiger partial charge in [0.2, 0.25) is 5.95 Å². The van der Waals surface area contributed by atoms with Gasteiger partial charge in [-0.1, -0.05) is 42.5 Å². The molecule has 1 fully saturated rings. The summed E-state index contributed by atoms with van der Waals surface area (Å²) in [6.07, 6.45) is -1.87. The molecule has 0 spiro atoms. The minimum Gasteiger partial charge on any atom is -0.394 e. The van der Waals surface area contributed by atoms with Crippen molar-refractivity contribution in [2.75, 3.05) is 12.3 Å². The van der Waals surface area contributed by atoms with E-state index in [1.807, 2.05) is 30.3 Å². The standard InChI is InChI=1S/C19H21N5O6/c20-18-21-15-12(16(28)22-18)23(8-4-7-10-5-2-1-3-6-10)19(29)24(15)17-14(27)13(26)11(9-25)30-17/h1-7,11,13-14,17,25-27H,8-9H2,(H3,20,21,22,28)/t11-,13-,14-,17-/m1/s1. The highest BCUT2D eigenvalue weighted by atomic mass is 16.6. The lowest BCUT2D eigenvalue weighted by Crippen LogP contribution is -2.36. The predicted molar refractivity (Wildman–Crippen MR) is 108 cm³/mol. The lowest BCUT2D eigenvalue weighted by Gasteiger charge is -2.15. The third-order valence-corrected chi connectivity index (χ3v) is 5.00. The molecule has 2 aromatic heterocycles. The number of hydrogen-bond donors (Lipinski definition) is 5. The molecule has 4 rings (SSSR count). The molecule has 4 atom stereocenters. The molecular weight excluding hydrogens is 394 g/mol. The second kappa shape index (κ2) is 7.88. The fourth-order valence-electron chi connectivity index (χ4n) is 3.55. The van der Waals surface area contributed by atoms with Crippen LogP contribution in [0.5, 0.6) is 0 Å². The molecule has 158 valence electrons. The summed E-state index contributed by atoms with van der Waals surface area (Å²) in [4.78, 5) is 32.1. The number of fused-ring (bicyclic) bond motifs is 1. The van der Waals surface area contributed by atoms with Gasteiger partial charge >= 0.3 is 5.69 Å². The molecule has 3 heterocycles. The molecule has 1 aromatic carbocycles. The molecule has 0 radical (unpaired) electrons. The number of aliphatic hydroxyl groups is 3. The van der Waals surface area contributed by atoms with Gasteiger partial charge in [0.15, 0.2) is 17.4 Å². The zero-order valence-corrected chi connectivity index (χ0v) is 15.8. The molecule has 0 amide bonds. The number of imidazole rings is 1. The number of nitrogen functional groups attached to an aromatic ring is 1. The largest absolute Gasteiger partial charge is 0.394 e. The summed E-state index contributed by atoms with van der Waals surface area (Å²) >= 11 is 0. The third-order valence-electron chi connectivity index (χ3n) is 5.00. The van der Waals surface area contributed by atoms with Gasteiger partial charge in [0.1, 0.15) is 18.3 Å². The first-order chi connectivity index (χ1) is 14.4. The van der Waals surface area contributed by atoms with Gasteiger partial charge in [0.05, 0.1) is 6.61 Å². The number of benzene rings is 1. The van der Waals surface area contributed by atoms with Gasteiger partial charge in [-0.25, -0.2) is 9.36 Å². The normalized spacial score (nSPS) is 24.2. The molecule has 0 bridgehead atoms. The summed E-state index contributed by atoms with van der Waals surface area (Å²) in [5, 5.41) is 29.7. The number of rotatable bonds is 5. The van der Waals surface area contributed by atoms with Crippen LogP contribution in [0.25, 0.3) is 17.2 Å². The van der Waals surface area contributed by atoms with Gasteiger partial charge in [-0.2, -0.15) is 4.98 Å². The van der Waals surface area contributed by atoms with Crippen LogP contribution in [0, 0.1) is 0 Å². The Morgan fingerprint density at radius 1 is 1.20 bits per heavy atom. The van der Waals surface area contributed by atoms with Crippen molar-refractivity contribution in [2.24, 2.45) is 0 Å². The van der Waals surface area contributed by atoms with Crippen molar-refractivity contribution in [2.45, 2.75) is 31.1 Å². The molecule has 0 saturated carbocycles. The van der Waals surface area contributed by atoms with Crippen molar-refractivity contribution in [3.05, 3.63) is 62.8 Å². The Morgan fingerprint density at radius 3 is 2.60 bits per heavy atom. The van der Waals surface area contributed by atoms with Crippen LogP contribution >= 0.6 is 0 Å². The zero-order chi connectivity index (χ0) is 21.4. The topological polar surface area (TPSA) is 169 Å². The number of aliphatic hydroxyl groups excluding tert-OH is 3. The van der Waals surface area contributed by atoms with Crippen molar-refractivity contribution in [3.63, 3.8) is 0 Å². The Balaban J connectivity index is 1.82. The maximum atomic E-state index is 13.2. The Bertz CT molecular complexity index is 1200. The molecule has 11 heteroatoms. The number of allylic oxidation sites excluding steroid dienone is 1. The van der Waals surface area contributed by atoms with Crippen LogP contribution in [0.3, 0.4) is 0 Å². The Kier molecular flexibility index (Phi) is 5.26. The number of nitrogens with one attached hydrogen (secondary N) is 1. The molecule has 3 aromatic rings. The quantitative estimate of drug-likeness (QED) is 0.346. The molecular formula is C19H21N5O6. The first kappa shape index (κ1) is 20.0. The molecule has 1 saturated heterocycles. The summed E-state index contributed by atoms with van der Waals surface area (Å²) in [7, 11) is 0. The van der Waals surface area contributed by atoms with Crippen molar-refractivity contribution in [3.8, 4) is 0 Å². The first-order valence-corrected chi connectivity index (χ1v) is 9.27. The molecule has 11 nitrogen and oxygen atoms in total. The van der Waals surface area contributed by atoms with Gasteiger partial charge in [-0.05, 0) is 5.56 Å². The number of aromatic amines is 1. The highest BCUT2D eigenvalue weighted by Crippen LogP contribution is 2.30. The number of nitrogens with two attached hydrogens (primary N) is 1. The first-order valence-electron chi connectivity index (χ1n) is 9.27. The fourth-order valence-corrected chi connectivity index (χ4v) is 3.55. The number of aromatic nitrogens is 4. The molecule has 30 heavy (non-hydrogen) atoms. The zero-order valence-electron chi connectivity index (χ0n) is 15.8. The van der Waals surface area contributed by atoms with Crippen LogP contribution in [0.2, 0.25) is 0 Å². The average Bonchev–Trinajstić information content (AvgIpc) is 3.16. The van der Waals surface area contributed by atoms with Gasteiger partial charge in [0, 0.05) is 6.54 Å². The van der Waals surface area contributed by atoms with Crippen LogP contribution < -0.4 is 17.0 Å². The van der Waals surface area contributed by atoms with Crippen molar-refractivity contribution in [1.29, 1.82) is 0 Å². The maximum absolute atomic E-state index is 13.2. The number of ether oxygens (including phenoxy) is 1. The average molecular weight is 415 g/mol. The lowest BCUT2D eigenvalue weighted by atomic mass is 10.1. The summed E-state index contributed by atoms with van der Waals surface area (Å²) in [5.74, 6) is -0.218. The van der Waals surface area contributed by atoms with Crippen LogP contribution in [0.15, 0.2) is 46.0 Å². The minimum absolute atomic E-state index is 0.0424. The highest BCUT2D eigenvalue weighted by molar-refractivity contribution is 5.72. The lowest BCUT2D eigenvalue weighted by molar-refractivity contribution is -0.0527. The van der Waals surface area contributed by atoms with E-state index in [9.17, 15) is 24.9 Å². The van der Waals surface area contributed by atoms with Gasteiger partial charge < -0.3 is 25.8 Å². The van der Waals surface area contributed by atoms with Gasteiger partial charge in [0.25, 0.3) is 5.56 Å². The maximum Gasteiger partial charge on any atom is 0.333 e. The van der Waals surface area contributed by atoms with Crippen molar-refractivity contribution in [1.82, 2.24) is 19.1 Å². The van der Waals surface area contributed by atoms with Crippen molar-refractivity contribution >= 4 is 23.2 Å². The summed E-state index contributed by atoms with van der Waals surface area (Å²) in [6.45, 7) is -0.515. The van der Waals surface area contributed by atoms with E-state index < -0.39 is 42.4 Å². The number of nitrogens with zero attached hydrogens (tertiary/aromatic N) is 3. The molecule has 0 aliphatic carbocycles. The van der Waals surface area contributed by atoms with E-state index in [2.05, 4.69) is 9.97 Å². The molecule has 1 aliphatic heterocycles.